The van der Waals surface area contributed by atoms with E-state index < -0.39 is 0 Å². The Balaban J connectivity index is 1.49. The van der Waals surface area contributed by atoms with Crippen LogP contribution < -0.4 is 5.32 Å². The average Bonchev–Trinajstić information content (AvgIpc) is 3.23. The minimum Gasteiger partial charge on any atom is -0.353 e. The van der Waals surface area contributed by atoms with Crippen molar-refractivity contribution in [3.05, 3.63) is 21.3 Å². The zero-order valence-corrected chi connectivity index (χ0v) is 14.1. The van der Waals surface area contributed by atoms with Crippen LogP contribution in [0.5, 0.6) is 0 Å². The van der Waals surface area contributed by atoms with Crippen LogP contribution in [-0.4, -0.2) is 35.8 Å². The molecule has 1 aromatic heterocycles. The van der Waals surface area contributed by atoms with E-state index in [1.165, 1.54) is 11.3 Å². The lowest BCUT2D eigenvalue weighted by Gasteiger charge is -2.32. The predicted molar refractivity (Wildman–Crippen MR) is 88.4 cm³/mol. The van der Waals surface area contributed by atoms with Gasteiger partial charge in [0.2, 0.25) is 5.91 Å². The molecule has 1 saturated carbocycles. The highest BCUT2D eigenvalue weighted by Crippen LogP contribution is 2.27. The molecule has 0 unspecified atom stereocenters. The molecule has 3 rings (SSSR count). The van der Waals surface area contributed by atoms with E-state index in [-0.39, 0.29) is 11.8 Å². The van der Waals surface area contributed by atoms with Gasteiger partial charge in [0.05, 0.1) is 5.02 Å². The van der Waals surface area contributed by atoms with E-state index >= 15 is 0 Å². The van der Waals surface area contributed by atoms with Crippen molar-refractivity contribution in [1.29, 1.82) is 0 Å². The third-order valence-electron chi connectivity index (χ3n) is 4.34. The van der Waals surface area contributed by atoms with Gasteiger partial charge in [-0.05, 0) is 49.5 Å². The highest BCUT2D eigenvalue weighted by atomic mass is 35.5. The first-order valence-electron chi connectivity index (χ1n) is 7.95. The van der Waals surface area contributed by atoms with Crippen LogP contribution in [0.1, 0.15) is 48.2 Å². The molecular formula is C16H21ClN2O2S. The summed E-state index contributed by atoms with van der Waals surface area (Å²) in [6.45, 7) is 1.53. The Morgan fingerprint density at radius 2 is 2.18 bits per heavy atom. The normalized spacial score (nSPS) is 21.7. The van der Waals surface area contributed by atoms with E-state index in [1.54, 1.807) is 6.07 Å². The van der Waals surface area contributed by atoms with Crippen molar-refractivity contribution in [2.75, 3.05) is 13.1 Å². The molecular weight excluding hydrogens is 320 g/mol. The number of hydrogen-bond acceptors (Lipinski definition) is 3. The topological polar surface area (TPSA) is 49.4 Å². The molecule has 2 amide bonds. The molecule has 2 heterocycles. The van der Waals surface area contributed by atoms with Crippen molar-refractivity contribution in [1.82, 2.24) is 10.2 Å². The molecule has 0 radical (unpaired) electrons. The summed E-state index contributed by atoms with van der Waals surface area (Å²) < 4.78 is 0. The second-order valence-corrected chi connectivity index (χ2v) is 7.56. The van der Waals surface area contributed by atoms with E-state index in [9.17, 15) is 9.59 Å². The molecule has 0 aromatic carbocycles. The zero-order valence-electron chi connectivity index (χ0n) is 12.5. The second kappa shape index (κ2) is 7.01. The summed E-state index contributed by atoms with van der Waals surface area (Å²) in [5, 5.41) is 5.41. The highest BCUT2D eigenvalue weighted by molar-refractivity contribution is 7.12. The fourth-order valence-corrected chi connectivity index (χ4v) is 4.04. The first kappa shape index (κ1) is 15.8. The van der Waals surface area contributed by atoms with Gasteiger partial charge in [-0.3, -0.25) is 9.59 Å². The van der Waals surface area contributed by atoms with Crippen molar-refractivity contribution in [2.24, 2.45) is 5.92 Å². The Bertz CT molecular complexity index is 556. The molecule has 0 spiro atoms. The van der Waals surface area contributed by atoms with E-state index in [1.807, 2.05) is 10.3 Å². The average molecular weight is 341 g/mol. The van der Waals surface area contributed by atoms with Gasteiger partial charge in [0.15, 0.2) is 0 Å². The quantitative estimate of drug-likeness (QED) is 0.894. The molecule has 1 saturated heterocycles. The Hall–Kier alpha value is -1.07. The molecule has 2 fully saturated rings. The monoisotopic (exact) mass is 340 g/mol. The minimum atomic E-state index is 0.0344. The maximum atomic E-state index is 12.5. The molecule has 120 valence electrons. The number of carbonyl (C=O) groups excluding carboxylic acids is 2. The number of likely N-dealkylation sites (tertiary alicyclic amines) is 1. The number of carbonyl (C=O) groups is 2. The molecule has 4 nitrogen and oxygen atoms in total. The zero-order chi connectivity index (χ0) is 15.5. The van der Waals surface area contributed by atoms with Gasteiger partial charge in [-0.15, -0.1) is 11.3 Å². The molecule has 1 aliphatic heterocycles. The number of rotatable bonds is 5. The second-order valence-electron chi connectivity index (χ2n) is 6.24. The van der Waals surface area contributed by atoms with Crippen LogP contribution in [0.3, 0.4) is 0 Å². The van der Waals surface area contributed by atoms with Crippen LogP contribution in [0.2, 0.25) is 5.02 Å². The number of amides is 2. The molecule has 1 N–H and O–H groups in total. The van der Waals surface area contributed by atoms with Crippen LogP contribution in [0.4, 0.5) is 0 Å². The Morgan fingerprint density at radius 3 is 2.86 bits per heavy atom. The van der Waals surface area contributed by atoms with Gasteiger partial charge in [0, 0.05) is 25.6 Å². The molecule has 1 atom stereocenters. The maximum Gasteiger partial charge on any atom is 0.265 e. The first-order valence-corrected chi connectivity index (χ1v) is 9.21. The number of nitrogens with one attached hydrogen (secondary N) is 1. The third kappa shape index (κ3) is 4.02. The molecule has 2 aliphatic rings. The molecule has 6 heteroatoms. The lowest BCUT2D eigenvalue weighted by molar-refractivity contribution is -0.121. The summed E-state index contributed by atoms with van der Waals surface area (Å²) in [4.78, 5) is 26.8. The minimum absolute atomic E-state index is 0.0344. The van der Waals surface area contributed by atoms with E-state index in [2.05, 4.69) is 5.32 Å². The maximum absolute atomic E-state index is 12.5. The van der Waals surface area contributed by atoms with Crippen LogP contribution in [0.15, 0.2) is 11.4 Å². The van der Waals surface area contributed by atoms with Crippen molar-refractivity contribution < 1.29 is 9.59 Å². The first-order chi connectivity index (χ1) is 10.6. The number of thiophene rings is 1. The van der Waals surface area contributed by atoms with Crippen molar-refractivity contribution >= 4 is 34.8 Å². The lowest BCUT2D eigenvalue weighted by atomic mass is 9.93. The van der Waals surface area contributed by atoms with Gasteiger partial charge < -0.3 is 10.2 Å². The largest absolute Gasteiger partial charge is 0.353 e. The van der Waals surface area contributed by atoms with Gasteiger partial charge in [0.1, 0.15) is 4.88 Å². The Kier molecular flexibility index (Phi) is 5.03. The number of piperidine rings is 1. The lowest BCUT2D eigenvalue weighted by Crippen LogP contribution is -2.40. The standard InChI is InChI=1S/C16H21ClN2O2S/c17-13-7-9-22-15(13)16(21)19-8-1-2-11(10-19)3-6-14(20)18-12-4-5-12/h7,9,11-12H,1-6,8,10H2,(H,18,20)/t11-/m0/s1. The summed E-state index contributed by atoms with van der Waals surface area (Å²) in [7, 11) is 0. The third-order valence-corrected chi connectivity index (χ3v) is 5.67. The van der Waals surface area contributed by atoms with Gasteiger partial charge in [-0.1, -0.05) is 11.6 Å². The SMILES string of the molecule is O=C(CC[C@@H]1CCCN(C(=O)c2sccc2Cl)C1)NC1CC1. The Morgan fingerprint density at radius 1 is 1.36 bits per heavy atom. The van der Waals surface area contributed by atoms with E-state index in [0.29, 0.717) is 28.3 Å². The molecule has 1 aromatic rings. The molecule has 0 bridgehead atoms. The van der Waals surface area contributed by atoms with Gasteiger partial charge >= 0.3 is 0 Å². The predicted octanol–water partition coefficient (Wildman–Crippen LogP) is 3.31. The van der Waals surface area contributed by atoms with Crippen LogP contribution in [0, 0.1) is 5.92 Å². The number of nitrogens with zero attached hydrogens (tertiary/aromatic N) is 1. The summed E-state index contributed by atoms with van der Waals surface area (Å²) in [5.74, 6) is 0.612. The highest BCUT2D eigenvalue weighted by Gasteiger charge is 2.27. The fourth-order valence-electron chi connectivity index (χ4n) is 2.94. The summed E-state index contributed by atoms with van der Waals surface area (Å²) in [5.41, 5.74) is 0. The number of halogens is 1. The van der Waals surface area contributed by atoms with Crippen molar-refractivity contribution in [3.8, 4) is 0 Å². The number of hydrogen-bond donors (Lipinski definition) is 1. The fraction of sp³-hybridized carbons (Fsp3) is 0.625. The van der Waals surface area contributed by atoms with Crippen LogP contribution in [0.25, 0.3) is 0 Å². The van der Waals surface area contributed by atoms with Crippen LogP contribution in [-0.2, 0) is 4.79 Å². The smallest absolute Gasteiger partial charge is 0.265 e. The van der Waals surface area contributed by atoms with Gasteiger partial charge in [-0.2, -0.15) is 0 Å². The Labute approximate surface area is 139 Å². The molecule has 22 heavy (non-hydrogen) atoms. The summed E-state index contributed by atoms with van der Waals surface area (Å²) >= 11 is 7.45. The van der Waals surface area contributed by atoms with Crippen LogP contribution >= 0.6 is 22.9 Å². The van der Waals surface area contributed by atoms with E-state index in [4.69, 9.17) is 11.6 Å². The van der Waals surface area contributed by atoms with Crippen molar-refractivity contribution in [2.45, 2.75) is 44.6 Å². The summed E-state index contributed by atoms with van der Waals surface area (Å²) in [6, 6.07) is 2.20. The van der Waals surface area contributed by atoms with Gasteiger partial charge in [-0.25, -0.2) is 0 Å². The van der Waals surface area contributed by atoms with Crippen molar-refractivity contribution in [3.63, 3.8) is 0 Å². The van der Waals surface area contributed by atoms with E-state index in [0.717, 1.165) is 45.2 Å². The van der Waals surface area contributed by atoms with Gasteiger partial charge in [0.25, 0.3) is 5.91 Å². The summed E-state index contributed by atoms with van der Waals surface area (Å²) in [6.07, 6.45) is 5.78. The molecule has 1 aliphatic carbocycles.